The van der Waals surface area contributed by atoms with E-state index < -0.39 is 5.97 Å². The van der Waals surface area contributed by atoms with Gasteiger partial charge in [-0.05, 0) is 19.1 Å². The first-order chi connectivity index (χ1) is 9.20. The number of rotatable bonds is 6. The van der Waals surface area contributed by atoms with Crippen LogP contribution in [0.4, 0.5) is 0 Å². The molecule has 0 aliphatic heterocycles. The van der Waals surface area contributed by atoms with Gasteiger partial charge in [0.05, 0.1) is 18.6 Å². The first-order valence-electron chi connectivity index (χ1n) is 5.94. The number of hydrogen-bond acceptors (Lipinski definition) is 5. The third-order valence-corrected chi connectivity index (χ3v) is 2.50. The minimum Gasteiger partial charge on any atom is -0.478 e. The van der Waals surface area contributed by atoms with Gasteiger partial charge in [0.15, 0.2) is 0 Å². The summed E-state index contributed by atoms with van der Waals surface area (Å²) in [4.78, 5) is 15.1. The van der Waals surface area contributed by atoms with E-state index >= 15 is 0 Å². The Balaban J connectivity index is 2.13. The van der Waals surface area contributed by atoms with Gasteiger partial charge in [-0.3, -0.25) is 0 Å². The quantitative estimate of drug-likeness (QED) is 0.801. The van der Waals surface area contributed by atoms with Gasteiger partial charge in [-0.1, -0.05) is 17.3 Å². The molecule has 100 valence electrons. The van der Waals surface area contributed by atoms with Gasteiger partial charge in [0.2, 0.25) is 11.7 Å². The molecule has 6 nitrogen and oxygen atoms in total. The van der Waals surface area contributed by atoms with Crippen molar-refractivity contribution in [2.24, 2.45) is 0 Å². The Labute approximate surface area is 110 Å². The fourth-order valence-corrected chi connectivity index (χ4v) is 1.57. The number of benzene rings is 1. The first-order valence-corrected chi connectivity index (χ1v) is 5.94. The van der Waals surface area contributed by atoms with Crippen LogP contribution in [0.5, 0.6) is 0 Å². The highest BCUT2D eigenvalue weighted by molar-refractivity contribution is 5.89. The molecular weight excluding hydrogens is 248 g/mol. The van der Waals surface area contributed by atoms with E-state index in [0.29, 0.717) is 36.9 Å². The third-order valence-electron chi connectivity index (χ3n) is 2.50. The van der Waals surface area contributed by atoms with E-state index in [2.05, 4.69) is 10.1 Å². The Kier molecular flexibility index (Phi) is 4.25. The molecule has 0 spiro atoms. The maximum atomic E-state index is 10.9. The number of carboxylic acids is 1. The highest BCUT2D eigenvalue weighted by atomic mass is 16.5. The minimum atomic E-state index is -0.984. The molecule has 0 saturated heterocycles. The van der Waals surface area contributed by atoms with Gasteiger partial charge in [0, 0.05) is 12.2 Å². The van der Waals surface area contributed by atoms with Crippen LogP contribution in [-0.4, -0.2) is 34.4 Å². The molecule has 6 heteroatoms. The summed E-state index contributed by atoms with van der Waals surface area (Å²) < 4.78 is 10.3. The number of carbonyl (C=O) groups is 1. The van der Waals surface area contributed by atoms with Crippen LogP contribution >= 0.6 is 0 Å². The Bertz CT molecular complexity index is 565. The Hall–Kier alpha value is -2.21. The van der Waals surface area contributed by atoms with Gasteiger partial charge in [-0.25, -0.2) is 4.79 Å². The smallest absolute Gasteiger partial charge is 0.335 e. The highest BCUT2D eigenvalue weighted by Gasteiger charge is 2.10. The summed E-state index contributed by atoms with van der Waals surface area (Å²) in [5.74, 6) is -0.124. The summed E-state index contributed by atoms with van der Waals surface area (Å²) in [6.45, 7) is 3.07. The molecule has 0 saturated carbocycles. The van der Waals surface area contributed by atoms with Crippen molar-refractivity contribution in [3.63, 3.8) is 0 Å². The van der Waals surface area contributed by atoms with Crippen molar-refractivity contribution in [1.29, 1.82) is 0 Å². The molecule has 1 aromatic carbocycles. The zero-order chi connectivity index (χ0) is 13.7. The molecule has 1 N–H and O–H groups in total. The predicted octanol–water partition coefficient (Wildman–Crippen LogP) is 2.01. The lowest BCUT2D eigenvalue weighted by Crippen LogP contribution is -1.98. The predicted molar refractivity (Wildman–Crippen MR) is 66.9 cm³/mol. The summed E-state index contributed by atoms with van der Waals surface area (Å²) in [5, 5.41) is 12.8. The lowest BCUT2D eigenvalue weighted by Gasteiger charge is -1.97. The van der Waals surface area contributed by atoms with E-state index in [1.165, 1.54) is 12.1 Å². The van der Waals surface area contributed by atoms with Crippen LogP contribution in [-0.2, 0) is 11.2 Å². The van der Waals surface area contributed by atoms with Crippen LogP contribution in [0.2, 0.25) is 0 Å². The van der Waals surface area contributed by atoms with E-state index in [9.17, 15) is 4.79 Å². The number of carboxylic acid groups (broad SMARTS) is 1. The van der Waals surface area contributed by atoms with Crippen molar-refractivity contribution in [3.8, 4) is 11.4 Å². The normalized spacial score (nSPS) is 10.6. The molecule has 0 aliphatic carbocycles. The molecule has 2 rings (SSSR count). The molecule has 19 heavy (non-hydrogen) atoms. The third kappa shape index (κ3) is 3.38. The standard InChI is InChI=1S/C13H14N2O4/c1-2-18-7-6-11-14-12(15-19-11)9-4-3-5-10(8-9)13(16)17/h3-5,8H,2,6-7H2,1H3,(H,16,17). The van der Waals surface area contributed by atoms with E-state index in [1.54, 1.807) is 12.1 Å². The average molecular weight is 262 g/mol. The van der Waals surface area contributed by atoms with E-state index in [0.717, 1.165) is 0 Å². The van der Waals surface area contributed by atoms with Crippen LogP contribution in [0.25, 0.3) is 11.4 Å². The van der Waals surface area contributed by atoms with Crippen molar-refractivity contribution in [1.82, 2.24) is 10.1 Å². The summed E-state index contributed by atoms with van der Waals surface area (Å²) in [6, 6.07) is 6.42. The Morgan fingerprint density at radius 1 is 1.47 bits per heavy atom. The van der Waals surface area contributed by atoms with E-state index in [-0.39, 0.29) is 5.56 Å². The second-order valence-electron chi connectivity index (χ2n) is 3.84. The number of aromatic carboxylic acids is 1. The lowest BCUT2D eigenvalue weighted by molar-refractivity contribution is 0.0697. The Morgan fingerprint density at radius 3 is 3.05 bits per heavy atom. The highest BCUT2D eigenvalue weighted by Crippen LogP contribution is 2.17. The molecule has 0 fully saturated rings. The van der Waals surface area contributed by atoms with Gasteiger partial charge in [0.1, 0.15) is 0 Å². The molecule has 1 aromatic heterocycles. The van der Waals surface area contributed by atoms with Gasteiger partial charge in [-0.15, -0.1) is 0 Å². The lowest BCUT2D eigenvalue weighted by atomic mass is 10.1. The van der Waals surface area contributed by atoms with Gasteiger partial charge < -0.3 is 14.4 Å². The van der Waals surface area contributed by atoms with Crippen molar-refractivity contribution in [2.75, 3.05) is 13.2 Å². The average Bonchev–Trinajstić information content (AvgIpc) is 2.88. The second-order valence-corrected chi connectivity index (χ2v) is 3.84. The van der Waals surface area contributed by atoms with Crippen LogP contribution < -0.4 is 0 Å². The zero-order valence-electron chi connectivity index (χ0n) is 10.5. The fraction of sp³-hybridized carbons (Fsp3) is 0.308. The van der Waals surface area contributed by atoms with Crippen molar-refractivity contribution >= 4 is 5.97 Å². The Morgan fingerprint density at radius 2 is 2.32 bits per heavy atom. The molecule has 0 amide bonds. The monoisotopic (exact) mass is 262 g/mol. The largest absolute Gasteiger partial charge is 0.478 e. The van der Waals surface area contributed by atoms with Crippen LogP contribution in [0, 0.1) is 0 Å². The van der Waals surface area contributed by atoms with Crippen LogP contribution in [0.1, 0.15) is 23.2 Å². The molecule has 0 bridgehead atoms. The van der Waals surface area contributed by atoms with Gasteiger partial charge >= 0.3 is 5.97 Å². The molecule has 0 unspecified atom stereocenters. The van der Waals surface area contributed by atoms with Crippen molar-refractivity contribution < 1.29 is 19.2 Å². The molecule has 0 aliphatic rings. The van der Waals surface area contributed by atoms with E-state index in [1.807, 2.05) is 6.92 Å². The van der Waals surface area contributed by atoms with Crippen LogP contribution in [0.15, 0.2) is 28.8 Å². The number of hydrogen-bond donors (Lipinski definition) is 1. The molecular formula is C13H14N2O4. The maximum Gasteiger partial charge on any atom is 0.335 e. The van der Waals surface area contributed by atoms with Gasteiger partial charge in [-0.2, -0.15) is 4.98 Å². The van der Waals surface area contributed by atoms with Gasteiger partial charge in [0.25, 0.3) is 0 Å². The summed E-state index contributed by atoms with van der Waals surface area (Å²) in [7, 11) is 0. The first kappa shape index (κ1) is 13.2. The molecule has 0 radical (unpaired) electrons. The summed E-state index contributed by atoms with van der Waals surface area (Å²) in [5.41, 5.74) is 0.810. The minimum absolute atomic E-state index is 0.193. The van der Waals surface area contributed by atoms with Crippen molar-refractivity contribution in [2.45, 2.75) is 13.3 Å². The molecule has 1 heterocycles. The number of aromatic nitrogens is 2. The van der Waals surface area contributed by atoms with E-state index in [4.69, 9.17) is 14.4 Å². The zero-order valence-corrected chi connectivity index (χ0v) is 10.5. The molecule has 2 aromatic rings. The van der Waals surface area contributed by atoms with Crippen molar-refractivity contribution in [3.05, 3.63) is 35.7 Å². The second kappa shape index (κ2) is 6.10. The topological polar surface area (TPSA) is 85.5 Å². The summed E-state index contributed by atoms with van der Waals surface area (Å²) in [6.07, 6.45) is 0.541. The number of ether oxygens (including phenoxy) is 1. The van der Waals surface area contributed by atoms with Crippen LogP contribution in [0.3, 0.4) is 0 Å². The number of nitrogens with zero attached hydrogens (tertiary/aromatic N) is 2. The molecule has 0 atom stereocenters. The maximum absolute atomic E-state index is 10.9. The summed E-state index contributed by atoms with van der Waals surface area (Å²) >= 11 is 0. The fourth-order valence-electron chi connectivity index (χ4n) is 1.57. The SMILES string of the molecule is CCOCCc1nc(-c2cccc(C(=O)O)c2)no1.